The number of aromatic nitrogens is 1. The summed E-state index contributed by atoms with van der Waals surface area (Å²) in [6, 6.07) is 2.16. The first kappa shape index (κ1) is 10.1. The number of nitrogens with zero attached hydrogens (tertiary/aromatic N) is 1. The number of pyridine rings is 1. The van der Waals surface area contributed by atoms with E-state index in [0.29, 0.717) is 6.04 Å². The summed E-state index contributed by atoms with van der Waals surface area (Å²) in [6.45, 7) is 2.08. The molecule has 0 saturated heterocycles. The molecule has 0 amide bonds. The van der Waals surface area contributed by atoms with Crippen LogP contribution >= 0.6 is 0 Å². The summed E-state index contributed by atoms with van der Waals surface area (Å²) in [5, 5.41) is 3.12. The maximum absolute atomic E-state index is 13.1. The predicted molar refractivity (Wildman–Crippen MR) is 51.0 cm³/mol. The summed E-state index contributed by atoms with van der Waals surface area (Å²) in [7, 11) is 1.91. The zero-order chi connectivity index (χ0) is 9.68. The molecule has 0 aliphatic carbocycles. The molecule has 1 rings (SSSR count). The van der Waals surface area contributed by atoms with Crippen LogP contribution in [0.15, 0.2) is 18.5 Å². The largest absolute Gasteiger partial charge is 0.317 e. The van der Waals surface area contributed by atoms with E-state index in [-0.39, 0.29) is 5.82 Å². The molecule has 0 fully saturated rings. The molecule has 13 heavy (non-hydrogen) atoms. The van der Waals surface area contributed by atoms with Crippen LogP contribution in [0.5, 0.6) is 0 Å². The lowest BCUT2D eigenvalue weighted by Gasteiger charge is -2.09. The van der Waals surface area contributed by atoms with Crippen LogP contribution in [0.3, 0.4) is 0 Å². The van der Waals surface area contributed by atoms with Gasteiger partial charge in [-0.05, 0) is 38.4 Å². The van der Waals surface area contributed by atoms with Crippen LogP contribution in [-0.2, 0) is 6.42 Å². The van der Waals surface area contributed by atoms with Crippen molar-refractivity contribution in [3.8, 4) is 0 Å². The molecule has 0 saturated carbocycles. The lowest BCUT2D eigenvalue weighted by atomic mass is 10.1. The molecule has 1 atom stereocenters. The number of nitrogens with one attached hydrogen (secondary N) is 1. The van der Waals surface area contributed by atoms with E-state index in [0.717, 1.165) is 18.4 Å². The Hall–Kier alpha value is -0.960. The van der Waals surface area contributed by atoms with Crippen LogP contribution in [-0.4, -0.2) is 18.1 Å². The van der Waals surface area contributed by atoms with Crippen molar-refractivity contribution in [3.05, 3.63) is 29.8 Å². The van der Waals surface area contributed by atoms with Gasteiger partial charge in [-0.1, -0.05) is 0 Å². The van der Waals surface area contributed by atoms with Crippen LogP contribution in [0.2, 0.25) is 0 Å². The van der Waals surface area contributed by atoms with Crippen molar-refractivity contribution in [1.82, 2.24) is 10.3 Å². The maximum atomic E-state index is 13.1. The van der Waals surface area contributed by atoms with E-state index >= 15 is 0 Å². The molecule has 3 heteroatoms. The Morgan fingerprint density at radius 1 is 1.62 bits per heavy atom. The number of rotatable bonds is 4. The standard InChI is InChI=1S/C10H15FN2/c1-8(12-2)3-4-9-5-6-13-7-10(9)11/h5-8,12H,3-4H2,1-2H3. The fourth-order valence-corrected chi connectivity index (χ4v) is 1.12. The summed E-state index contributed by atoms with van der Waals surface area (Å²) < 4.78 is 13.1. The highest BCUT2D eigenvalue weighted by Crippen LogP contribution is 2.08. The van der Waals surface area contributed by atoms with E-state index in [9.17, 15) is 4.39 Å². The second kappa shape index (κ2) is 4.92. The van der Waals surface area contributed by atoms with Gasteiger partial charge in [0.2, 0.25) is 0 Å². The van der Waals surface area contributed by atoms with Gasteiger partial charge in [-0.2, -0.15) is 0 Å². The molecule has 2 nitrogen and oxygen atoms in total. The Kier molecular flexibility index (Phi) is 3.83. The topological polar surface area (TPSA) is 24.9 Å². The summed E-state index contributed by atoms with van der Waals surface area (Å²) >= 11 is 0. The smallest absolute Gasteiger partial charge is 0.144 e. The normalized spacial score (nSPS) is 12.8. The molecule has 0 aliphatic heterocycles. The van der Waals surface area contributed by atoms with Crippen LogP contribution in [0.1, 0.15) is 18.9 Å². The van der Waals surface area contributed by atoms with Gasteiger partial charge in [0, 0.05) is 12.2 Å². The Morgan fingerprint density at radius 3 is 3.00 bits per heavy atom. The minimum atomic E-state index is -0.203. The third kappa shape index (κ3) is 3.11. The summed E-state index contributed by atoms with van der Waals surface area (Å²) in [5.41, 5.74) is 0.747. The Bertz CT molecular complexity index is 263. The minimum absolute atomic E-state index is 0.203. The number of hydrogen-bond acceptors (Lipinski definition) is 2. The molecule has 1 N–H and O–H groups in total. The highest BCUT2D eigenvalue weighted by atomic mass is 19.1. The van der Waals surface area contributed by atoms with Crippen molar-refractivity contribution in [1.29, 1.82) is 0 Å². The first-order chi connectivity index (χ1) is 6.24. The first-order valence-corrected chi connectivity index (χ1v) is 4.49. The van der Waals surface area contributed by atoms with E-state index in [1.54, 1.807) is 12.3 Å². The third-order valence-electron chi connectivity index (χ3n) is 2.20. The number of halogens is 1. The van der Waals surface area contributed by atoms with Gasteiger partial charge in [0.1, 0.15) is 5.82 Å². The van der Waals surface area contributed by atoms with Gasteiger partial charge in [-0.25, -0.2) is 4.39 Å². The lowest BCUT2D eigenvalue weighted by molar-refractivity contribution is 0.545. The second-order valence-corrected chi connectivity index (χ2v) is 3.20. The van der Waals surface area contributed by atoms with Gasteiger partial charge < -0.3 is 5.32 Å². The molecule has 1 aromatic rings. The second-order valence-electron chi connectivity index (χ2n) is 3.20. The lowest BCUT2D eigenvalue weighted by Crippen LogP contribution is -2.21. The van der Waals surface area contributed by atoms with Gasteiger partial charge in [0.25, 0.3) is 0 Å². The molecule has 1 unspecified atom stereocenters. The highest BCUT2D eigenvalue weighted by molar-refractivity contribution is 5.12. The Morgan fingerprint density at radius 2 is 2.38 bits per heavy atom. The predicted octanol–water partition coefficient (Wildman–Crippen LogP) is 1.76. The van der Waals surface area contributed by atoms with Crippen molar-refractivity contribution in [2.75, 3.05) is 7.05 Å². The highest BCUT2D eigenvalue weighted by Gasteiger charge is 2.03. The van der Waals surface area contributed by atoms with Crippen LogP contribution < -0.4 is 5.32 Å². The molecule has 0 radical (unpaired) electrons. The maximum Gasteiger partial charge on any atom is 0.144 e. The van der Waals surface area contributed by atoms with E-state index in [1.165, 1.54) is 6.20 Å². The molecule has 0 spiro atoms. The SMILES string of the molecule is CNC(C)CCc1ccncc1F. The van der Waals surface area contributed by atoms with Crippen molar-refractivity contribution in [2.45, 2.75) is 25.8 Å². The van der Waals surface area contributed by atoms with Crippen molar-refractivity contribution < 1.29 is 4.39 Å². The average Bonchev–Trinajstić information content (AvgIpc) is 2.16. The van der Waals surface area contributed by atoms with E-state index in [1.807, 2.05) is 7.05 Å². The molecular weight excluding hydrogens is 167 g/mol. The first-order valence-electron chi connectivity index (χ1n) is 4.49. The zero-order valence-electron chi connectivity index (χ0n) is 8.05. The molecule has 0 aliphatic rings. The molecule has 1 aromatic heterocycles. The van der Waals surface area contributed by atoms with Crippen LogP contribution in [0.25, 0.3) is 0 Å². The minimum Gasteiger partial charge on any atom is -0.317 e. The fraction of sp³-hybridized carbons (Fsp3) is 0.500. The van der Waals surface area contributed by atoms with E-state index in [4.69, 9.17) is 0 Å². The van der Waals surface area contributed by atoms with Crippen LogP contribution in [0.4, 0.5) is 4.39 Å². The summed E-state index contributed by atoms with van der Waals surface area (Å²) in [5.74, 6) is -0.203. The average molecular weight is 182 g/mol. The molecule has 0 aromatic carbocycles. The van der Waals surface area contributed by atoms with Crippen molar-refractivity contribution >= 4 is 0 Å². The fourth-order valence-electron chi connectivity index (χ4n) is 1.12. The molecule has 72 valence electrons. The molecule has 1 heterocycles. The van der Waals surface area contributed by atoms with Crippen LogP contribution in [0, 0.1) is 5.82 Å². The van der Waals surface area contributed by atoms with Gasteiger partial charge >= 0.3 is 0 Å². The van der Waals surface area contributed by atoms with E-state index < -0.39 is 0 Å². The number of hydrogen-bond donors (Lipinski definition) is 1. The van der Waals surface area contributed by atoms with E-state index in [2.05, 4.69) is 17.2 Å². The summed E-state index contributed by atoms with van der Waals surface area (Å²) in [4.78, 5) is 3.70. The number of aryl methyl sites for hydroxylation is 1. The molecular formula is C10H15FN2. The van der Waals surface area contributed by atoms with Gasteiger partial charge in [-0.3, -0.25) is 4.98 Å². The van der Waals surface area contributed by atoms with Gasteiger partial charge in [-0.15, -0.1) is 0 Å². The Balaban J connectivity index is 2.50. The zero-order valence-corrected chi connectivity index (χ0v) is 8.05. The van der Waals surface area contributed by atoms with Gasteiger partial charge in [0.05, 0.1) is 6.20 Å². The monoisotopic (exact) mass is 182 g/mol. The van der Waals surface area contributed by atoms with Gasteiger partial charge in [0.15, 0.2) is 0 Å². The third-order valence-corrected chi connectivity index (χ3v) is 2.20. The quantitative estimate of drug-likeness (QED) is 0.767. The summed E-state index contributed by atoms with van der Waals surface area (Å²) in [6.07, 6.45) is 4.59. The van der Waals surface area contributed by atoms with Crippen molar-refractivity contribution in [3.63, 3.8) is 0 Å². The van der Waals surface area contributed by atoms with Crippen molar-refractivity contribution in [2.24, 2.45) is 0 Å². The Labute approximate surface area is 78.2 Å². The molecule has 0 bridgehead atoms.